The number of oxazole rings is 4. The van der Waals surface area contributed by atoms with Gasteiger partial charge in [-0.3, -0.25) is 9.25 Å². The molecule has 0 aliphatic carbocycles. The maximum absolute atomic E-state index is 11.4. The van der Waals surface area contributed by atoms with Crippen LogP contribution in [0.1, 0.15) is 86.1 Å². The molecule has 0 radical (unpaired) electrons. The second-order valence-corrected chi connectivity index (χ2v) is 27.8. The summed E-state index contributed by atoms with van der Waals surface area (Å²) in [6.07, 6.45) is 11.8. The predicted molar refractivity (Wildman–Crippen MR) is 393 cm³/mol. The van der Waals surface area contributed by atoms with Gasteiger partial charge in [-0.05, 0) is 175 Å². The second-order valence-electron chi connectivity index (χ2n) is 25.1. The number of nitrogens with zero attached hydrogens (tertiary/aromatic N) is 4. The Morgan fingerprint density at radius 1 is 0.400 bits per heavy atom. The van der Waals surface area contributed by atoms with E-state index in [1.54, 1.807) is 35.6 Å². The van der Waals surface area contributed by atoms with Crippen LogP contribution in [-0.2, 0) is 31.3 Å². The van der Waals surface area contributed by atoms with Crippen LogP contribution in [0.3, 0.4) is 0 Å². The van der Waals surface area contributed by atoms with Gasteiger partial charge in [0.1, 0.15) is 22.1 Å². The molecule has 0 aliphatic heterocycles. The molecule has 1 unspecified atom stereocenters. The molecule has 1 atom stereocenters. The molecule has 0 aliphatic rings. The first-order valence-electron chi connectivity index (χ1n) is 31.5. The Balaban J connectivity index is 0.000000150. The molecule has 15 aromatic rings. The maximum Gasteiger partial charge on any atom is 1.00 e. The zero-order chi connectivity index (χ0) is 67.8. The van der Waals surface area contributed by atoms with Gasteiger partial charge >= 0.3 is 59.1 Å². The molecule has 100 heavy (non-hydrogen) atoms. The van der Waals surface area contributed by atoms with Crippen molar-refractivity contribution >= 4 is 115 Å². The first-order valence-corrected chi connectivity index (χ1v) is 34.2. The van der Waals surface area contributed by atoms with Crippen molar-refractivity contribution in [2.24, 2.45) is 0 Å². The van der Waals surface area contributed by atoms with E-state index in [4.69, 9.17) is 27.6 Å². The molecule has 0 fully saturated rings. The fourth-order valence-corrected chi connectivity index (χ4v) is 12.5. The van der Waals surface area contributed by atoms with E-state index in [0.717, 1.165) is 121 Å². The average Bonchev–Trinajstić information content (AvgIpc) is 1.63. The van der Waals surface area contributed by atoms with Crippen LogP contribution in [0.25, 0.3) is 136 Å². The smallest absolute Gasteiger partial charge is 0.768 e. The van der Waals surface area contributed by atoms with Crippen LogP contribution in [0.15, 0.2) is 270 Å². The van der Waals surface area contributed by atoms with E-state index in [1.807, 2.05) is 182 Å². The van der Waals surface area contributed by atoms with Crippen molar-refractivity contribution in [1.29, 1.82) is 0 Å². The van der Waals surface area contributed by atoms with E-state index in [9.17, 15) is 14.0 Å². The molecule has 0 amide bonds. The Morgan fingerprint density at radius 2 is 0.760 bits per heavy atom. The van der Waals surface area contributed by atoms with Crippen LogP contribution in [0.5, 0.6) is 0 Å². The monoisotopic (exact) mass is 1390 g/mol. The largest absolute Gasteiger partial charge is 1.00 e. The van der Waals surface area contributed by atoms with Crippen LogP contribution in [-0.4, -0.2) is 28.7 Å². The number of rotatable bonds is 15. The van der Waals surface area contributed by atoms with Crippen molar-refractivity contribution in [3.8, 4) is 55.6 Å². The Hall–Kier alpha value is -8.66. The van der Waals surface area contributed by atoms with E-state index in [-0.39, 0.29) is 74.8 Å². The number of fused-ring (bicyclic) bond motifs is 4. The van der Waals surface area contributed by atoms with Gasteiger partial charge in [0.25, 0.3) is 0 Å². The van der Waals surface area contributed by atoms with E-state index in [2.05, 4.69) is 134 Å². The Labute approximate surface area is 634 Å². The van der Waals surface area contributed by atoms with Gasteiger partial charge in [-0.25, -0.2) is 19.9 Å². The van der Waals surface area contributed by atoms with Gasteiger partial charge in [0.05, 0.1) is 21.8 Å². The summed E-state index contributed by atoms with van der Waals surface area (Å²) in [6, 6.07) is 79.1. The minimum Gasteiger partial charge on any atom is -0.768 e. The SMILES string of the molecule is C(=C\c1ccc(-c2nc3ccccc3o2)cc1)/c1ccc(-c2nc3ccccc3o2)cc1.CC(C)(C)c1ccc2oc(-c3ccc(-c4nc5cc(C(C)(C)C)ccc5o4)s3)nc2c1.O=S([O-])c1ccccc1/C=C/c1ccc(-c2ccc(/C=C/c3ccccc3SOO[O-])cc2)cc1.[Na+].[Na+]. The van der Waals surface area contributed by atoms with Gasteiger partial charge in [-0.1, -0.05) is 224 Å². The summed E-state index contributed by atoms with van der Waals surface area (Å²) in [6.45, 7) is 13.2. The van der Waals surface area contributed by atoms with Crippen LogP contribution in [0.4, 0.5) is 0 Å². The molecule has 0 N–H and O–H groups in total. The molecule has 15 rings (SSSR count). The number of hydrogen-bond donors (Lipinski definition) is 0. The summed E-state index contributed by atoms with van der Waals surface area (Å²) in [7, 11) is 0. The molecule has 10 aromatic carbocycles. The molecule has 0 bridgehead atoms. The molecule has 18 heteroatoms. The first kappa shape index (κ1) is 72.6. The predicted octanol–water partition coefficient (Wildman–Crippen LogP) is 15.6. The summed E-state index contributed by atoms with van der Waals surface area (Å²) >= 11 is 0.172. The summed E-state index contributed by atoms with van der Waals surface area (Å²) < 4.78 is 50.9. The number of aromatic nitrogens is 4. The van der Waals surface area contributed by atoms with E-state index in [0.29, 0.717) is 29.1 Å². The molecule has 486 valence electrons. The average molecular weight is 1390 g/mol. The quantitative estimate of drug-likeness (QED) is 0.0236. The van der Waals surface area contributed by atoms with Crippen molar-refractivity contribution < 1.29 is 100 Å². The Morgan fingerprint density at radius 3 is 1.19 bits per heavy atom. The molecule has 5 aromatic heterocycles. The van der Waals surface area contributed by atoms with Crippen LogP contribution in [0.2, 0.25) is 0 Å². The van der Waals surface area contributed by atoms with Gasteiger partial charge in [0, 0.05) is 20.9 Å². The maximum atomic E-state index is 11.4. The van der Waals surface area contributed by atoms with Crippen molar-refractivity contribution in [3.63, 3.8) is 0 Å². The zero-order valence-electron chi connectivity index (χ0n) is 56.2. The van der Waals surface area contributed by atoms with Crippen molar-refractivity contribution in [1.82, 2.24) is 19.9 Å². The van der Waals surface area contributed by atoms with Gasteiger partial charge < -0.3 is 27.5 Å². The van der Waals surface area contributed by atoms with Gasteiger partial charge in [0.15, 0.2) is 22.3 Å². The van der Waals surface area contributed by atoms with Crippen LogP contribution >= 0.6 is 23.4 Å². The fourth-order valence-electron chi connectivity index (χ4n) is 10.7. The van der Waals surface area contributed by atoms with Gasteiger partial charge in [-0.15, -0.1) is 11.3 Å². The third-order valence-electron chi connectivity index (χ3n) is 16.1. The van der Waals surface area contributed by atoms with Crippen LogP contribution in [0, 0.1) is 0 Å². The minimum absolute atomic E-state index is 0. The molecule has 0 saturated carbocycles. The zero-order valence-corrected chi connectivity index (χ0v) is 62.7. The standard InChI is InChI=1S/C28H18N2O2.C28H22O5S2.C26H26N2O2S.2Na/c1-3-7-25-23(5-1)29-27(31-25)21-15-11-19(12-16-21)9-10-20-13-17-22(18-14-20)28-30-24-6-2-4-8-26(24)32-28;29-32-33-34-27-7-3-1-5-25(27)19-13-21-9-15-23(16-10-21)24-17-11-22(12-18-24)14-20-26-6-2-4-8-28(26)35(30)31;1-25(2,3)15-7-9-19-17(13-15)27-23(29-19)21-11-12-22(31-21)24-28-18-14-16(26(4,5)6)8-10-20(18)30-24;;/h1-18H;1-20,29H,(H,30,31);7-14H,1-6H3;;/q;;;2*+1/p-2/b10-9+;19-13+,20-14+;;;. The summed E-state index contributed by atoms with van der Waals surface area (Å²) in [4.78, 5) is 21.6. The Bertz CT molecular complexity index is 5100. The molecular formula is C82H64N4Na2O9S3. The van der Waals surface area contributed by atoms with E-state index >= 15 is 0 Å². The normalized spacial score (nSPS) is 12.0. The van der Waals surface area contributed by atoms with Crippen LogP contribution < -0.4 is 64.4 Å². The first-order chi connectivity index (χ1) is 47.5. The molecule has 5 heterocycles. The topological polar surface area (TPSA) is 186 Å². The van der Waals surface area contributed by atoms with Gasteiger partial charge in [-0.2, -0.15) is 4.33 Å². The van der Waals surface area contributed by atoms with E-state index in [1.165, 1.54) is 11.1 Å². The second kappa shape index (κ2) is 32.8. The van der Waals surface area contributed by atoms with Gasteiger partial charge in [0.2, 0.25) is 23.6 Å². The number of para-hydroxylation sites is 4. The summed E-state index contributed by atoms with van der Waals surface area (Å²) in [5.74, 6) is 2.53. The molecule has 0 saturated heterocycles. The molecule has 13 nitrogen and oxygen atoms in total. The minimum atomic E-state index is -2.27. The van der Waals surface area contributed by atoms with Crippen molar-refractivity contribution in [2.75, 3.05) is 0 Å². The third-order valence-corrected chi connectivity index (χ3v) is 18.6. The van der Waals surface area contributed by atoms with E-state index < -0.39 is 11.1 Å². The number of benzene rings is 10. The Kier molecular flexibility index (Phi) is 23.8. The number of hydrogen-bond acceptors (Lipinski definition) is 15. The third kappa shape index (κ3) is 17.9. The molecular weight excluding hydrogens is 1330 g/mol. The van der Waals surface area contributed by atoms with Crippen molar-refractivity contribution in [2.45, 2.75) is 62.2 Å². The number of thiophene rings is 1. The fraction of sp³-hybridized carbons (Fsp3) is 0.0976. The molecule has 0 spiro atoms. The summed E-state index contributed by atoms with van der Waals surface area (Å²) in [5.41, 5.74) is 19.2. The van der Waals surface area contributed by atoms with Crippen molar-refractivity contribution in [3.05, 3.63) is 287 Å². The summed E-state index contributed by atoms with van der Waals surface area (Å²) in [5, 5.41) is 13.5.